The molecule has 1 aromatic carbocycles. The lowest BCUT2D eigenvalue weighted by Crippen LogP contribution is -2.44. The van der Waals surface area contributed by atoms with E-state index in [9.17, 15) is 14.7 Å². The molecule has 1 aliphatic heterocycles. The van der Waals surface area contributed by atoms with Crippen LogP contribution in [0.4, 0.5) is 10.6 Å². The number of hydrogen-bond acceptors (Lipinski definition) is 10. The molecule has 2 amide bonds. The summed E-state index contributed by atoms with van der Waals surface area (Å²) in [6, 6.07) is 12.8. The van der Waals surface area contributed by atoms with E-state index in [0.717, 1.165) is 29.1 Å². The van der Waals surface area contributed by atoms with E-state index in [0.29, 0.717) is 36.8 Å². The number of aromatic nitrogens is 4. The lowest BCUT2D eigenvalue weighted by Gasteiger charge is -2.25. The van der Waals surface area contributed by atoms with Crippen molar-refractivity contribution in [1.82, 2.24) is 30.4 Å². The van der Waals surface area contributed by atoms with Gasteiger partial charge in [0.05, 0.1) is 12.6 Å². The second-order valence-corrected chi connectivity index (χ2v) is 11.7. The van der Waals surface area contributed by atoms with Gasteiger partial charge in [-0.05, 0) is 44.4 Å². The average molecular weight is 606 g/mol. The Hall–Kier alpha value is -4.36. The lowest BCUT2D eigenvalue weighted by atomic mass is 9.93. The maximum atomic E-state index is 14.0. The maximum absolute atomic E-state index is 14.0. The topological polar surface area (TPSA) is 147 Å². The number of nitrogens with one attached hydrogen (secondary N) is 1. The lowest BCUT2D eigenvalue weighted by molar-refractivity contribution is 0.0735. The van der Waals surface area contributed by atoms with Crippen molar-refractivity contribution in [2.45, 2.75) is 44.7 Å². The number of rotatable bonds is 11. The molecule has 0 aliphatic carbocycles. The highest BCUT2D eigenvalue weighted by atomic mass is 32.1. The molecule has 0 bridgehead atoms. The van der Waals surface area contributed by atoms with Crippen LogP contribution >= 0.6 is 11.3 Å². The Morgan fingerprint density at radius 1 is 1.23 bits per heavy atom. The Labute approximate surface area is 253 Å². The first-order valence-electron chi connectivity index (χ1n) is 14.0. The van der Waals surface area contributed by atoms with Crippen LogP contribution in [-0.2, 0) is 16.7 Å². The number of ether oxygens (including phenoxy) is 1. The van der Waals surface area contributed by atoms with Crippen LogP contribution in [0.3, 0.4) is 0 Å². The number of hydrogen-bond donors (Lipinski definition) is 2. The van der Waals surface area contributed by atoms with Crippen molar-refractivity contribution in [1.29, 1.82) is 0 Å². The van der Waals surface area contributed by atoms with Crippen LogP contribution in [0.25, 0.3) is 11.6 Å². The molecular weight excluding hydrogens is 570 g/mol. The Bertz CT molecular complexity index is 1580. The molecule has 0 unspecified atom stereocenters. The van der Waals surface area contributed by atoms with Crippen molar-refractivity contribution < 1.29 is 23.8 Å². The van der Waals surface area contributed by atoms with Crippen molar-refractivity contribution in [2.75, 3.05) is 38.8 Å². The van der Waals surface area contributed by atoms with Gasteiger partial charge in [0.1, 0.15) is 22.1 Å². The molecule has 43 heavy (non-hydrogen) atoms. The first kappa shape index (κ1) is 30.1. The predicted molar refractivity (Wildman–Crippen MR) is 161 cm³/mol. The number of pyridine rings is 1. The molecule has 13 heteroatoms. The molecule has 1 aliphatic rings. The Kier molecular flexibility index (Phi) is 9.02. The van der Waals surface area contributed by atoms with Gasteiger partial charge in [-0.3, -0.25) is 4.79 Å². The summed E-state index contributed by atoms with van der Waals surface area (Å²) in [7, 11) is 3.49. The maximum Gasteiger partial charge on any atom is 0.405 e. The van der Waals surface area contributed by atoms with Crippen LogP contribution in [-0.4, -0.2) is 76.0 Å². The molecule has 2 N–H and O–H groups in total. The number of anilines is 1. The van der Waals surface area contributed by atoms with E-state index in [4.69, 9.17) is 14.1 Å². The van der Waals surface area contributed by atoms with Crippen molar-refractivity contribution in [2.24, 2.45) is 0 Å². The molecule has 1 saturated heterocycles. The van der Waals surface area contributed by atoms with Crippen molar-refractivity contribution in [3.8, 4) is 11.6 Å². The largest absolute Gasteiger partial charge is 0.465 e. The normalized spacial score (nSPS) is 16.2. The number of methoxy groups -OCH3 is 1. The van der Waals surface area contributed by atoms with Crippen LogP contribution in [0.15, 0.2) is 52.3 Å². The molecule has 0 saturated carbocycles. The molecule has 4 aromatic rings. The molecule has 0 spiro atoms. The van der Waals surface area contributed by atoms with E-state index in [1.54, 1.807) is 37.5 Å². The molecule has 4 heterocycles. The first-order valence-corrected chi connectivity index (χ1v) is 14.9. The smallest absolute Gasteiger partial charge is 0.405 e. The van der Waals surface area contributed by atoms with Crippen LogP contribution in [0, 0.1) is 6.92 Å². The molecule has 3 aromatic heterocycles. The molecule has 0 radical (unpaired) electrons. The highest BCUT2D eigenvalue weighted by Crippen LogP contribution is 2.36. The number of likely N-dealkylation sites (tertiary alicyclic amines) is 1. The van der Waals surface area contributed by atoms with Gasteiger partial charge in [-0.25, -0.2) is 14.8 Å². The third-order valence-electron chi connectivity index (χ3n) is 7.42. The summed E-state index contributed by atoms with van der Waals surface area (Å²) in [6.45, 7) is 5.27. The van der Waals surface area contributed by atoms with Crippen LogP contribution in [0.2, 0.25) is 0 Å². The second-order valence-electron chi connectivity index (χ2n) is 10.8. The van der Waals surface area contributed by atoms with E-state index in [1.165, 1.54) is 0 Å². The van der Waals surface area contributed by atoms with Gasteiger partial charge in [0.15, 0.2) is 0 Å². The minimum Gasteiger partial charge on any atom is -0.465 e. The molecule has 5 rings (SSSR count). The number of carboxylic acid groups (broad SMARTS) is 1. The van der Waals surface area contributed by atoms with E-state index < -0.39 is 11.6 Å². The van der Waals surface area contributed by atoms with Gasteiger partial charge in [-0.15, -0.1) is 21.5 Å². The zero-order chi connectivity index (χ0) is 30.6. The number of likely N-dealkylation sites (N-methyl/N-ethyl adjacent to an activating group) is 1. The minimum absolute atomic E-state index is 0.0750. The van der Waals surface area contributed by atoms with Gasteiger partial charge in [-0.1, -0.05) is 30.3 Å². The van der Waals surface area contributed by atoms with E-state index in [-0.39, 0.29) is 30.2 Å². The van der Waals surface area contributed by atoms with Crippen molar-refractivity contribution >= 4 is 29.2 Å². The van der Waals surface area contributed by atoms with Crippen molar-refractivity contribution in [3.63, 3.8) is 0 Å². The Balaban J connectivity index is 1.51. The fourth-order valence-corrected chi connectivity index (χ4v) is 6.15. The number of amides is 2. The van der Waals surface area contributed by atoms with Gasteiger partial charge in [-0.2, -0.15) is 0 Å². The van der Waals surface area contributed by atoms with E-state index in [1.807, 2.05) is 59.5 Å². The number of aryl methyl sites for hydroxylation is 1. The van der Waals surface area contributed by atoms with Crippen molar-refractivity contribution in [3.05, 3.63) is 75.6 Å². The molecule has 2 atom stereocenters. The summed E-state index contributed by atoms with van der Waals surface area (Å²) in [5, 5.41) is 23.5. The second kappa shape index (κ2) is 12.9. The van der Waals surface area contributed by atoms with Gasteiger partial charge < -0.3 is 29.4 Å². The fraction of sp³-hybridized carbons (Fsp3) is 0.400. The first-order chi connectivity index (χ1) is 20.7. The number of benzene rings is 1. The fourth-order valence-electron chi connectivity index (χ4n) is 5.21. The highest BCUT2D eigenvalue weighted by Gasteiger charge is 2.36. The van der Waals surface area contributed by atoms with Gasteiger partial charge >= 0.3 is 6.09 Å². The van der Waals surface area contributed by atoms with Gasteiger partial charge in [0.25, 0.3) is 11.8 Å². The summed E-state index contributed by atoms with van der Waals surface area (Å²) in [6.07, 6.45) is 0.796. The summed E-state index contributed by atoms with van der Waals surface area (Å²) < 4.78 is 11.3. The zero-order valence-electron chi connectivity index (χ0n) is 24.6. The molecular formula is C30H35N7O5S. The highest BCUT2D eigenvalue weighted by molar-refractivity contribution is 7.09. The summed E-state index contributed by atoms with van der Waals surface area (Å²) >= 11 is 1.57. The standard InChI is InChI=1S/C30H35N7O5S/c1-19-18-43-26(31-19)23-11-8-12-37(23)27(38)21-15-22(32-24(16-21)36(3)13-14-41-4)25-34-35-28(42-25)30(2,33-29(39)40)17-20-9-6-5-7-10-20/h5-7,9-10,15-16,18,23,33H,8,11-14,17H2,1-4H3,(H,39,40)/t23-,30-/m1/s1. The summed E-state index contributed by atoms with van der Waals surface area (Å²) in [4.78, 5) is 38.9. The summed E-state index contributed by atoms with van der Waals surface area (Å²) in [5.74, 6) is 0.558. The Morgan fingerprint density at radius 2 is 2.02 bits per heavy atom. The monoisotopic (exact) mass is 605 g/mol. The van der Waals surface area contributed by atoms with Crippen LogP contribution < -0.4 is 10.2 Å². The summed E-state index contributed by atoms with van der Waals surface area (Å²) in [5.41, 5.74) is 1.36. The number of carbonyl (C=O) groups is 2. The van der Waals surface area contributed by atoms with Gasteiger partial charge in [0.2, 0.25) is 5.89 Å². The number of thiazole rings is 1. The average Bonchev–Trinajstić information content (AvgIpc) is 3.76. The third kappa shape index (κ3) is 6.83. The van der Waals surface area contributed by atoms with Crippen LogP contribution in [0.5, 0.6) is 0 Å². The van der Waals surface area contributed by atoms with E-state index >= 15 is 0 Å². The minimum atomic E-state index is -1.22. The zero-order valence-corrected chi connectivity index (χ0v) is 25.4. The van der Waals surface area contributed by atoms with E-state index in [2.05, 4.69) is 20.5 Å². The third-order valence-corrected chi connectivity index (χ3v) is 8.48. The quantitative estimate of drug-likeness (QED) is 0.247. The number of carbonyl (C=O) groups excluding carboxylic acids is 1. The molecule has 12 nitrogen and oxygen atoms in total. The SMILES string of the molecule is COCCN(C)c1cc(C(=O)N2CCC[C@@H]2c2nc(C)cs2)cc(-c2nnc([C@@](C)(Cc3ccccc3)NC(=O)O)o2)n1. The Morgan fingerprint density at radius 3 is 2.72 bits per heavy atom. The number of nitrogens with zero attached hydrogens (tertiary/aromatic N) is 6. The van der Waals surface area contributed by atoms with Gasteiger partial charge in [0, 0.05) is 50.3 Å². The molecule has 1 fully saturated rings. The van der Waals surface area contributed by atoms with Crippen LogP contribution in [0.1, 0.15) is 58.3 Å². The predicted octanol–water partition coefficient (Wildman–Crippen LogP) is 4.68. The molecule has 226 valence electrons.